The average Bonchev–Trinajstić information content (AvgIpc) is 2.47. The number of piperazine rings is 1. The summed E-state index contributed by atoms with van der Waals surface area (Å²) in [6.07, 6.45) is 0.112. The molecule has 0 spiro atoms. The van der Waals surface area contributed by atoms with Gasteiger partial charge in [-0.3, -0.25) is 19.3 Å². The van der Waals surface area contributed by atoms with E-state index in [1.54, 1.807) is 6.92 Å². The smallest absolute Gasteiger partial charge is 0.269 e. The molecule has 3 atom stereocenters. The molecule has 1 heterocycles. The Morgan fingerprint density at radius 1 is 1.23 bits per heavy atom. The van der Waals surface area contributed by atoms with Crippen molar-refractivity contribution in [3.8, 4) is 0 Å². The molecule has 3 unspecified atom stereocenters. The van der Waals surface area contributed by atoms with Crippen LogP contribution >= 0.6 is 0 Å². The standard InChI is InChI=1S/C14H31N3O4S/c1-5-16(6-2)13(4)17-8-7-15(9-10-18)11-14(17)12(3)22(19,20)21/h12-14,18H,5-11H2,1-4H3,(H,19,20,21). The maximum atomic E-state index is 11.6. The number of rotatable bonds is 8. The summed E-state index contributed by atoms with van der Waals surface area (Å²) in [5, 5.41) is 8.26. The van der Waals surface area contributed by atoms with Crippen LogP contribution in [0.15, 0.2) is 0 Å². The molecule has 0 radical (unpaired) electrons. The number of β-amino-alcohol motifs (C(OH)–C–C–N with tert-alkyl or cyclic N) is 1. The predicted molar refractivity (Wildman–Crippen MR) is 87.4 cm³/mol. The zero-order valence-electron chi connectivity index (χ0n) is 14.1. The number of aliphatic hydroxyl groups excluding tert-OH is 1. The fraction of sp³-hybridized carbons (Fsp3) is 1.00. The molecule has 0 bridgehead atoms. The molecule has 1 aliphatic rings. The molecule has 0 aromatic rings. The van der Waals surface area contributed by atoms with E-state index in [0.717, 1.165) is 26.2 Å². The molecule has 7 nitrogen and oxygen atoms in total. The van der Waals surface area contributed by atoms with Crippen LogP contribution < -0.4 is 0 Å². The van der Waals surface area contributed by atoms with E-state index < -0.39 is 15.4 Å². The van der Waals surface area contributed by atoms with Gasteiger partial charge in [-0.15, -0.1) is 0 Å². The molecule has 0 aliphatic carbocycles. The molecule has 1 aliphatic heterocycles. The van der Waals surface area contributed by atoms with Gasteiger partial charge < -0.3 is 5.11 Å². The van der Waals surface area contributed by atoms with Crippen molar-refractivity contribution in [2.24, 2.45) is 0 Å². The van der Waals surface area contributed by atoms with E-state index in [0.29, 0.717) is 13.1 Å². The van der Waals surface area contributed by atoms with Gasteiger partial charge in [-0.05, 0) is 26.9 Å². The molecule has 1 saturated heterocycles. The number of hydrogen-bond acceptors (Lipinski definition) is 6. The lowest BCUT2D eigenvalue weighted by atomic mass is 10.1. The SMILES string of the molecule is CCN(CC)C(C)N1CCN(CCO)CC1C(C)S(=O)(=O)O. The zero-order chi connectivity index (χ0) is 16.9. The van der Waals surface area contributed by atoms with Gasteiger partial charge in [0, 0.05) is 32.2 Å². The Balaban J connectivity index is 2.97. The first kappa shape index (κ1) is 19.8. The maximum absolute atomic E-state index is 11.6. The average molecular weight is 337 g/mol. The van der Waals surface area contributed by atoms with Crippen LogP contribution in [0.2, 0.25) is 0 Å². The van der Waals surface area contributed by atoms with Gasteiger partial charge in [0.25, 0.3) is 10.1 Å². The van der Waals surface area contributed by atoms with Crippen LogP contribution in [-0.4, -0.2) is 96.1 Å². The summed E-state index contributed by atoms with van der Waals surface area (Å²) in [5.74, 6) is 0. The summed E-state index contributed by atoms with van der Waals surface area (Å²) < 4.78 is 32.7. The lowest BCUT2D eigenvalue weighted by molar-refractivity contribution is -0.0211. The second-order valence-corrected chi connectivity index (χ2v) is 7.68. The van der Waals surface area contributed by atoms with Crippen molar-refractivity contribution in [2.45, 2.75) is 45.2 Å². The third-order valence-corrected chi connectivity index (χ3v) is 6.05. The van der Waals surface area contributed by atoms with Gasteiger partial charge in [-0.2, -0.15) is 8.42 Å². The van der Waals surface area contributed by atoms with Crippen LogP contribution in [0.4, 0.5) is 0 Å². The van der Waals surface area contributed by atoms with Gasteiger partial charge in [0.1, 0.15) is 5.25 Å². The molecule has 132 valence electrons. The van der Waals surface area contributed by atoms with Crippen LogP contribution in [0.1, 0.15) is 27.7 Å². The van der Waals surface area contributed by atoms with Crippen LogP contribution in [-0.2, 0) is 10.1 Å². The molecule has 1 fully saturated rings. The van der Waals surface area contributed by atoms with Crippen molar-refractivity contribution in [1.29, 1.82) is 0 Å². The van der Waals surface area contributed by atoms with Crippen LogP contribution in [0, 0.1) is 0 Å². The highest BCUT2D eigenvalue weighted by molar-refractivity contribution is 7.86. The Hall–Kier alpha value is -0.250. The van der Waals surface area contributed by atoms with Gasteiger partial charge >= 0.3 is 0 Å². The molecular formula is C14H31N3O4S. The van der Waals surface area contributed by atoms with Gasteiger partial charge in [0.05, 0.1) is 12.8 Å². The summed E-state index contributed by atoms with van der Waals surface area (Å²) in [7, 11) is -4.10. The first-order valence-electron chi connectivity index (χ1n) is 8.05. The van der Waals surface area contributed by atoms with Crippen molar-refractivity contribution in [1.82, 2.24) is 14.7 Å². The van der Waals surface area contributed by atoms with Gasteiger partial charge in [0.15, 0.2) is 0 Å². The maximum Gasteiger partial charge on any atom is 0.269 e. The summed E-state index contributed by atoms with van der Waals surface area (Å²) in [4.78, 5) is 6.49. The highest BCUT2D eigenvalue weighted by atomic mass is 32.2. The first-order valence-corrected chi connectivity index (χ1v) is 9.55. The Labute approximate surface area is 134 Å². The molecule has 0 aromatic heterocycles. The fourth-order valence-electron chi connectivity index (χ4n) is 3.27. The minimum absolute atomic E-state index is 0.0541. The van der Waals surface area contributed by atoms with Gasteiger partial charge in [0.2, 0.25) is 0 Å². The molecular weight excluding hydrogens is 306 g/mol. The van der Waals surface area contributed by atoms with E-state index in [4.69, 9.17) is 5.11 Å². The molecule has 8 heteroatoms. The van der Waals surface area contributed by atoms with Crippen LogP contribution in [0.5, 0.6) is 0 Å². The number of hydrogen-bond donors (Lipinski definition) is 2. The van der Waals surface area contributed by atoms with Crippen molar-refractivity contribution in [2.75, 3.05) is 45.9 Å². The number of aliphatic hydroxyl groups is 1. The van der Waals surface area contributed by atoms with E-state index in [1.165, 1.54) is 0 Å². The highest BCUT2D eigenvalue weighted by Crippen LogP contribution is 2.21. The third kappa shape index (κ3) is 4.87. The quantitative estimate of drug-likeness (QED) is 0.600. The molecule has 0 amide bonds. The Kier molecular flexibility index (Phi) is 7.70. The molecule has 0 saturated carbocycles. The second kappa shape index (κ2) is 8.56. The normalized spacial score (nSPS) is 24.6. The lowest BCUT2D eigenvalue weighted by Gasteiger charge is -2.48. The van der Waals surface area contributed by atoms with E-state index in [9.17, 15) is 13.0 Å². The van der Waals surface area contributed by atoms with Crippen molar-refractivity contribution < 1.29 is 18.1 Å². The summed E-state index contributed by atoms with van der Waals surface area (Å²) >= 11 is 0. The fourth-order valence-corrected chi connectivity index (χ4v) is 3.91. The molecule has 2 N–H and O–H groups in total. The zero-order valence-corrected chi connectivity index (χ0v) is 15.0. The first-order chi connectivity index (χ1) is 10.3. The Morgan fingerprint density at radius 3 is 2.27 bits per heavy atom. The molecule has 1 rings (SSSR count). The largest absolute Gasteiger partial charge is 0.395 e. The Morgan fingerprint density at radius 2 is 1.82 bits per heavy atom. The summed E-state index contributed by atoms with van der Waals surface area (Å²) in [5.41, 5.74) is 0. The topological polar surface area (TPSA) is 84.3 Å². The lowest BCUT2D eigenvalue weighted by Crippen LogP contribution is -2.63. The second-order valence-electron chi connectivity index (χ2n) is 5.90. The Bertz CT molecular complexity index is 428. The minimum Gasteiger partial charge on any atom is -0.395 e. The van der Waals surface area contributed by atoms with E-state index in [2.05, 4.69) is 35.5 Å². The van der Waals surface area contributed by atoms with Gasteiger partial charge in [-0.25, -0.2) is 0 Å². The van der Waals surface area contributed by atoms with Crippen molar-refractivity contribution >= 4 is 10.1 Å². The van der Waals surface area contributed by atoms with Crippen LogP contribution in [0.3, 0.4) is 0 Å². The number of nitrogens with zero attached hydrogens (tertiary/aromatic N) is 3. The monoisotopic (exact) mass is 337 g/mol. The summed E-state index contributed by atoms with van der Waals surface area (Å²) in [6, 6.07) is -0.286. The van der Waals surface area contributed by atoms with Crippen molar-refractivity contribution in [3.63, 3.8) is 0 Å². The van der Waals surface area contributed by atoms with Crippen LogP contribution in [0.25, 0.3) is 0 Å². The summed E-state index contributed by atoms with van der Waals surface area (Å²) in [6.45, 7) is 12.2. The highest BCUT2D eigenvalue weighted by Gasteiger charge is 2.39. The third-order valence-electron chi connectivity index (χ3n) is 4.79. The molecule has 0 aromatic carbocycles. The van der Waals surface area contributed by atoms with Gasteiger partial charge in [-0.1, -0.05) is 13.8 Å². The van der Waals surface area contributed by atoms with E-state index >= 15 is 0 Å². The van der Waals surface area contributed by atoms with E-state index in [1.807, 2.05) is 0 Å². The molecule has 22 heavy (non-hydrogen) atoms. The van der Waals surface area contributed by atoms with E-state index in [-0.39, 0.29) is 18.8 Å². The predicted octanol–water partition coefficient (Wildman–Crippen LogP) is -0.0710. The van der Waals surface area contributed by atoms with Crippen molar-refractivity contribution in [3.05, 3.63) is 0 Å². The minimum atomic E-state index is -4.10.